The van der Waals surface area contributed by atoms with Crippen LogP contribution in [-0.4, -0.2) is 193 Å². The van der Waals surface area contributed by atoms with Gasteiger partial charge in [0.05, 0.1) is 56.7 Å². The molecular formula is C73H75N19O14S4. The van der Waals surface area contributed by atoms with E-state index in [0.29, 0.717) is 42.6 Å². The molecule has 0 aliphatic rings. The van der Waals surface area contributed by atoms with Crippen molar-refractivity contribution in [2.24, 2.45) is 5.73 Å². The Morgan fingerprint density at radius 1 is 0.391 bits per heavy atom. The summed E-state index contributed by atoms with van der Waals surface area (Å²) in [6.07, 6.45) is 14.0. The highest BCUT2D eigenvalue weighted by Gasteiger charge is 2.27. The molecule has 8 aromatic heterocycles. The number of carbonyl (C=O) groups excluding carboxylic acids is 10. The summed E-state index contributed by atoms with van der Waals surface area (Å²) in [4.78, 5) is 161. The number of hydrogen-bond acceptors (Lipinski definition) is 23. The van der Waals surface area contributed by atoms with E-state index in [4.69, 9.17) is 24.7 Å². The van der Waals surface area contributed by atoms with Crippen molar-refractivity contribution >= 4 is 147 Å². The zero-order chi connectivity index (χ0) is 77.4. The Morgan fingerprint density at radius 3 is 0.909 bits per heavy atom. The van der Waals surface area contributed by atoms with Gasteiger partial charge in [-0.05, 0) is 105 Å². The van der Waals surface area contributed by atoms with Gasteiger partial charge >= 0.3 is 0 Å². The Bertz CT molecular complexity index is 4980. The van der Waals surface area contributed by atoms with Crippen molar-refractivity contribution in [1.82, 2.24) is 68.6 Å². The predicted octanol–water partition coefficient (Wildman–Crippen LogP) is 7.91. The third kappa shape index (κ3) is 18.9. The fourth-order valence-corrected chi connectivity index (χ4v) is 14.5. The third-order valence-electron chi connectivity index (χ3n) is 17.3. The molecule has 0 aliphatic carbocycles. The molecule has 0 saturated heterocycles. The monoisotopic (exact) mass is 1570 g/mol. The van der Waals surface area contributed by atoms with E-state index >= 15 is 0 Å². The number of imidazole rings is 4. The van der Waals surface area contributed by atoms with Crippen LogP contribution in [0.5, 0.6) is 23.0 Å². The highest BCUT2D eigenvalue weighted by molar-refractivity contribution is 7.16. The van der Waals surface area contributed by atoms with Gasteiger partial charge in [0.1, 0.15) is 45.8 Å². The van der Waals surface area contributed by atoms with Gasteiger partial charge in [-0.3, -0.25) is 65.5 Å². The van der Waals surface area contributed by atoms with Gasteiger partial charge in [-0.25, -0.2) is 19.9 Å². The quantitative estimate of drug-likeness (QED) is 0.0168. The summed E-state index contributed by atoms with van der Waals surface area (Å²) in [5.41, 5.74) is 9.17. The van der Waals surface area contributed by atoms with Crippen LogP contribution in [0.25, 0.3) is 19.8 Å². The number of hydrogen-bond donors (Lipinski definition) is 9. The summed E-state index contributed by atoms with van der Waals surface area (Å²) in [5.74, 6) is -4.08. The van der Waals surface area contributed by atoms with Crippen LogP contribution in [0.1, 0.15) is 122 Å². The van der Waals surface area contributed by atoms with Gasteiger partial charge in [-0.2, -0.15) is 0 Å². The Hall–Kier alpha value is -12.6. The summed E-state index contributed by atoms with van der Waals surface area (Å²) in [7, 11) is 5.62. The molecule has 4 aromatic carbocycles. The van der Waals surface area contributed by atoms with Gasteiger partial charge in [-0.15, -0.1) is 45.3 Å². The van der Waals surface area contributed by atoms with Gasteiger partial charge in [0.2, 0.25) is 11.8 Å². The van der Waals surface area contributed by atoms with E-state index in [-0.39, 0.29) is 159 Å². The Kier molecular flexibility index (Phi) is 25.1. The van der Waals surface area contributed by atoms with Crippen molar-refractivity contribution in [1.29, 1.82) is 0 Å². The van der Waals surface area contributed by atoms with Crippen LogP contribution in [0.4, 0.5) is 22.7 Å². The molecule has 0 radical (unpaired) electrons. The predicted molar refractivity (Wildman–Crippen MR) is 414 cm³/mol. The van der Waals surface area contributed by atoms with Crippen molar-refractivity contribution in [3.05, 3.63) is 189 Å². The van der Waals surface area contributed by atoms with Crippen LogP contribution >= 0.6 is 45.3 Å². The normalized spacial score (nSPS) is 11.4. The summed E-state index contributed by atoms with van der Waals surface area (Å²) in [5, 5.41) is 30.0. The molecule has 10 N–H and O–H groups in total. The first-order valence-electron chi connectivity index (χ1n) is 34.4. The molecular weight excluding hydrogens is 1500 g/mol. The van der Waals surface area contributed by atoms with E-state index in [0.717, 1.165) is 0 Å². The maximum atomic E-state index is 14.7. The molecule has 12 aromatic rings. The lowest BCUT2D eigenvalue weighted by atomic mass is 10.1. The number of fused-ring (bicyclic) bond motifs is 4. The number of benzene rings is 4. The number of nitrogens with zero attached hydrogens (tertiary/aromatic N) is 10. The molecule has 33 nitrogen and oxygen atoms in total. The van der Waals surface area contributed by atoms with E-state index in [1.165, 1.54) is 103 Å². The van der Waals surface area contributed by atoms with Crippen molar-refractivity contribution in [3.8, 4) is 23.0 Å². The third-order valence-corrected chi connectivity index (χ3v) is 20.4. The maximum absolute atomic E-state index is 14.7. The average Bonchev–Trinajstić information content (AvgIpc) is 1.67. The largest absolute Gasteiger partial charge is 0.496 e. The number of anilines is 4. The number of aromatic nitrogens is 8. The van der Waals surface area contributed by atoms with Gasteiger partial charge in [0.15, 0.2) is 19.8 Å². The lowest BCUT2D eigenvalue weighted by molar-refractivity contribution is -0.134. The van der Waals surface area contributed by atoms with E-state index in [9.17, 15) is 47.9 Å². The van der Waals surface area contributed by atoms with Crippen LogP contribution in [0, 0.1) is 0 Å². The SMILES string of the molecule is COc1ccc(NC(=O)c2cn3ccsc3n2)cc1C(=O)NCCCN(CCCNC(=O)c1cc(NC(=O)c2cn3ccsc3n2)ccc1OC)C(=O)CC[C@H](N)C(=O)N(CCCNC(=O)c1cc(NC(=O)c2cn3ccsc3n2)ccc1OC)CCCNC(=O)c1cc(NC(=O)c2cn3ccsc3n2)ccc1OC. The van der Waals surface area contributed by atoms with Crippen LogP contribution in [0.2, 0.25) is 0 Å². The molecule has 0 unspecified atom stereocenters. The molecule has 570 valence electrons. The first-order chi connectivity index (χ1) is 53.3. The maximum Gasteiger partial charge on any atom is 0.275 e. The van der Waals surface area contributed by atoms with Gasteiger partial charge in [0, 0.05) is 153 Å². The summed E-state index contributed by atoms with van der Waals surface area (Å²) >= 11 is 5.48. The fraction of sp³-hybridized carbons (Fsp3) is 0.260. The van der Waals surface area contributed by atoms with Crippen LogP contribution in [0.15, 0.2) is 144 Å². The van der Waals surface area contributed by atoms with Gasteiger partial charge < -0.3 is 77.0 Å². The zero-order valence-corrected chi connectivity index (χ0v) is 63.0. The second-order valence-corrected chi connectivity index (χ2v) is 28.1. The fourth-order valence-electron chi connectivity index (χ4n) is 11.7. The second kappa shape index (κ2) is 35.9. The number of ether oxygens (including phenoxy) is 4. The van der Waals surface area contributed by atoms with Crippen molar-refractivity contribution in [2.45, 2.75) is 44.6 Å². The molecule has 0 aliphatic heterocycles. The first-order valence-corrected chi connectivity index (χ1v) is 38.0. The lowest BCUT2D eigenvalue weighted by Gasteiger charge is -2.27. The molecule has 8 heterocycles. The zero-order valence-electron chi connectivity index (χ0n) is 59.7. The molecule has 37 heteroatoms. The Morgan fingerprint density at radius 2 is 0.655 bits per heavy atom. The minimum atomic E-state index is -1.23. The van der Waals surface area contributed by atoms with E-state index in [2.05, 4.69) is 62.5 Å². The number of nitrogens with two attached hydrogens (primary N) is 1. The summed E-state index contributed by atoms with van der Waals surface area (Å²) < 4.78 is 29.0. The highest BCUT2D eigenvalue weighted by Crippen LogP contribution is 2.29. The van der Waals surface area contributed by atoms with Crippen molar-refractivity contribution in [2.75, 3.05) is 102 Å². The number of carbonyl (C=O) groups is 10. The molecule has 0 spiro atoms. The minimum absolute atomic E-state index is 0.0496. The van der Waals surface area contributed by atoms with Gasteiger partial charge in [0.25, 0.3) is 47.3 Å². The molecule has 0 bridgehead atoms. The average molecular weight is 1570 g/mol. The first kappa shape index (κ1) is 77.0. The topological polar surface area (TPSA) is 406 Å². The number of thiazole rings is 4. The lowest BCUT2D eigenvalue weighted by Crippen LogP contribution is -2.46. The van der Waals surface area contributed by atoms with E-state index in [1.807, 2.05) is 21.5 Å². The number of methoxy groups -OCH3 is 4. The highest BCUT2D eigenvalue weighted by atomic mass is 32.1. The smallest absolute Gasteiger partial charge is 0.275 e. The van der Waals surface area contributed by atoms with Gasteiger partial charge in [-0.1, -0.05) is 0 Å². The Balaban J connectivity index is 0.701. The van der Waals surface area contributed by atoms with E-state index in [1.54, 1.807) is 121 Å². The van der Waals surface area contributed by atoms with Crippen LogP contribution in [0.3, 0.4) is 0 Å². The number of nitrogens with one attached hydrogen (secondary N) is 8. The summed E-state index contributed by atoms with van der Waals surface area (Å²) in [6.45, 7) is 0.551. The molecule has 1 atom stereocenters. The van der Waals surface area contributed by atoms with E-state index < -0.39 is 65.1 Å². The van der Waals surface area contributed by atoms with Crippen LogP contribution < -0.4 is 67.2 Å². The molecule has 12 rings (SSSR count). The second-order valence-electron chi connectivity index (χ2n) is 24.6. The Labute approximate surface area is 643 Å². The van der Waals surface area contributed by atoms with Crippen molar-refractivity contribution in [3.63, 3.8) is 0 Å². The molecule has 0 saturated carbocycles. The molecule has 110 heavy (non-hydrogen) atoms. The number of amides is 10. The molecule has 0 fully saturated rings. The van der Waals surface area contributed by atoms with Crippen molar-refractivity contribution < 1.29 is 66.9 Å². The summed E-state index contributed by atoms with van der Waals surface area (Å²) in [6, 6.07) is 17.2. The molecule has 10 amide bonds. The minimum Gasteiger partial charge on any atom is -0.496 e. The van der Waals surface area contributed by atoms with Crippen LogP contribution in [-0.2, 0) is 9.59 Å². The number of rotatable bonds is 36. The standard InChI is InChI=1S/C73H75N19O14S4/c1-103-56-14-9-43(79-65(98)52-39-89-27-31-107-70(89)83-52)35-47(56)61(94)75-19-5-23-87(24-6-20-76-62(95)48-36-44(10-15-57(48)104-2)80-66(99)53-40-90-28-32-108-71(90)84-53)60(93)18-13-51(74)69(102)88(25-7-21-77-63(96)49-37-45(11-16-58(49)105-3)81-67(100)54-41-91-29-33-109-72(91)85-54)26-8-22-78-64(97)50-38-46(12-17-59(50)106-4)82-68(101)55-42-92-30-34-110-73(92)86-55/h9-12,14-17,27-42,51H,5-8,13,18-26,74H2,1-4H3,(H,75,94)(H,76,95)(H,77,96)(H,78,97)(H,79,98)(H,80,99)(H,81,100)(H,82,101)/t51-/m0/s1.